The van der Waals surface area contributed by atoms with Crippen LogP contribution >= 0.6 is 0 Å². The van der Waals surface area contributed by atoms with Gasteiger partial charge < -0.3 is 5.73 Å². The van der Waals surface area contributed by atoms with E-state index in [-0.39, 0.29) is 0 Å². The first-order valence-corrected chi connectivity index (χ1v) is 6.29. The highest BCUT2D eigenvalue weighted by molar-refractivity contribution is 5.62. The van der Waals surface area contributed by atoms with Gasteiger partial charge in [-0.2, -0.15) is 0 Å². The van der Waals surface area contributed by atoms with E-state index in [1.807, 2.05) is 23.7 Å². The Bertz CT molecular complexity index is 548. The van der Waals surface area contributed by atoms with Crippen LogP contribution in [0.15, 0.2) is 18.2 Å². The van der Waals surface area contributed by atoms with Crippen molar-refractivity contribution in [2.75, 3.05) is 5.73 Å². The molecule has 2 aromatic rings. The van der Waals surface area contributed by atoms with Crippen LogP contribution in [0.2, 0.25) is 0 Å². The molecule has 0 radical (unpaired) electrons. The number of tetrazole rings is 1. The lowest BCUT2D eigenvalue weighted by atomic mass is 9.82. The summed E-state index contributed by atoms with van der Waals surface area (Å²) in [6, 6.07) is 6.38. The summed E-state index contributed by atoms with van der Waals surface area (Å²) in [6.07, 6.45) is 2.30. The first kappa shape index (κ1) is 11.2. The SMILES string of the molecule is Cc1cc(N)cc(-c2nnnn2C2CC(C)C2)c1. The molecular weight excluding hydrogens is 226 g/mol. The van der Waals surface area contributed by atoms with Gasteiger partial charge in [0.2, 0.25) is 0 Å². The van der Waals surface area contributed by atoms with Gasteiger partial charge in [0.05, 0.1) is 6.04 Å². The Morgan fingerprint density at radius 3 is 2.72 bits per heavy atom. The second-order valence-corrected chi connectivity index (χ2v) is 5.31. The Labute approximate surface area is 106 Å². The quantitative estimate of drug-likeness (QED) is 0.821. The van der Waals surface area contributed by atoms with Crippen LogP contribution in [0.1, 0.15) is 31.4 Å². The van der Waals surface area contributed by atoms with E-state index in [1.54, 1.807) is 0 Å². The average Bonchev–Trinajstić information content (AvgIpc) is 2.71. The maximum absolute atomic E-state index is 5.88. The van der Waals surface area contributed by atoms with Gasteiger partial charge in [-0.05, 0) is 59.9 Å². The van der Waals surface area contributed by atoms with Gasteiger partial charge in [-0.1, -0.05) is 6.92 Å². The molecule has 18 heavy (non-hydrogen) atoms. The lowest BCUT2D eigenvalue weighted by molar-refractivity contribution is 0.199. The van der Waals surface area contributed by atoms with Gasteiger partial charge in [0, 0.05) is 11.3 Å². The van der Waals surface area contributed by atoms with Crippen molar-refractivity contribution in [3.8, 4) is 11.4 Å². The highest BCUT2D eigenvalue weighted by atomic mass is 15.6. The smallest absolute Gasteiger partial charge is 0.182 e. The zero-order valence-corrected chi connectivity index (χ0v) is 10.7. The minimum atomic E-state index is 0.437. The monoisotopic (exact) mass is 243 g/mol. The number of nitrogens with two attached hydrogens (primary N) is 1. The summed E-state index contributed by atoms with van der Waals surface area (Å²) in [6.45, 7) is 4.28. The molecule has 0 amide bonds. The predicted octanol–water partition coefficient (Wildman–Crippen LogP) is 2.20. The number of rotatable bonds is 2. The van der Waals surface area contributed by atoms with Gasteiger partial charge in [-0.25, -0.2) is 4.68 Å². The topological polar surface area (TPSA) is 69.6 Å². The van der Waals surface area contributed by atoms with Crippen molar-refractivity contribution in [3.63, 3.8) is 0 Å². The van der Waals surface area contributed by atoms with Gasteiger partial charge in [-0.3, -0.25) is 0 Å². The van der Waals surface area contributed by atoms with E-state index in [1.165, 1.54) is 0 Å². The van der Waals surface area contributed by atoms with Crippen molar-refractivity contribution >= 4 is 5.69 Å². The molecule has 1 saturated carbocycles. The Morgan fingerprint density at radius 2 is 2.06 bits per heavy atom. The van der Waals surface area contributed by atoms with E-state index < -0.39 is 0 Å². The molecular formula is C13H17N5. The number of hydrogen-bond donors (Lipinski definition) is 1. The highest BCUT2D eigenvalue weighted by Gasteiger charge is 2.30. The van der Waals surface area contributed by atoms with E-state index in [0.717, 1.165) is 41.4 Å². The highest BCUT2D eigenvalue weighted by Crippen LogP contribution is 2.38. The maximum atomic E-state index is 5.88. The molecule has 5 nitrogen and oxygen atoms in total. The molecule has 1 heterocycles. The van der Waals surface area contributed by atoms with Crippen molar-refractivity contribution in [1.82, 2.24) is 20.2 Å². The first-order valence-electron chi connectivity index (χ1n) is 6.29. The molecule has 1 aliphatic rings. The Morgan fingerprint density at radius 1 is 1.28 bits per heavy atom. The fourth-order valence-corrected chi connectivity index (χ4v) is 2.63. The molecule has 1 aromatic heterocycles. The Kier molecular flexibility index (Phi) is 2.54. The van der Waals surface area contributed by atoms with Crippen molar-refractivity contribution in [1.29, 1.82) is 0 Å². The van der Waals surface area contributed by atoms with Crippen LogP contribution in [0.25, 0.3) is 11.4 Å². The summed E-state index contributed by atoms with van der Waals surface area (Å²) in [7, 11) is 0. The molecule has 1 aromatic carbocycles. The fourth-order valence-electron chi connectivity index (χ4n) is 2.63. The maximum Gasteiger partial charge on any atom is 0.182 e. The van der Waals surface area contributed by atoms with E-state index in [2.05, 4.69) is 28.5 Å². The summed E-state index contributed by atoms with van der Waals surface area (Å²) >= 11 is 0. The van der Waals surface area contributed by atoms with E-state index in [9.17, 15) is 0 Å². The molecule has 0 atom stereocenters. The molecule has 0 spiro atoms. The summed E-state index contributed by atoms with van der Waals surface area (Å²) < 4.78 is 1.94. The third-order valence-corrected chi connectivity index (χ3v) is 3.55. The number of aromatic nitrogens is 4. The van der Waals surface area contributed by atoms with Crippen LogP contribution in [0.3, 0.4) is 0 Å². The van der Waals surface area contributed by atoms with Gasteiger partial charge in [0.1, 0.15) is 0 Å². The minimum absolute atomic E-state index is 0.437. The van der Waals surface area contributed by atoms with Crippen LogP contribution in [0, 0.1) is 12.8 Å². The normalized spacial score (nSPS) is 22.8. The average molecular weight is 243 g/mol. The van der Waals surface area contributed by atoms with Gasteiger partial charge >= 0.3 is 0 Å². The second-order valence-electron chi connectivity index (χ2n) is 5.31. The third kappa shape index (κ3) is 1.85. The van der Waals surface area contributed by atoms with Crippen molar-refractivity contribution in [2.45, 2.75) is 32.7 Å². The largest absolute Gasteiger partial charge is 0.399 e. The standard InChI is InChI=1S/C13H17N5/c1-8-3-10(7-11(14)4-8)13-15-16-17-18(13)12-5-9(2)6-12/h3-4,7,9,12H,5-6,14H2,1-2H3. The van der Waals surface area contributed by atoms with Gasteiger partial charge in [-0.15, -0.1) is 5.10 Å². The second kappa shape index (κ2) is 4.08. The third-order valence-electron chi connectivity index (χ3n) is 3.55. The first-order chi connectivity index (χ1) is 8.63. The summed E-state index contributed by atoms with van der Waals surface area (Å²) in [5.41, 5.74) is 8.76. The molecule has 2 N–H and O–H groups in total. The lowest BCUT2D eigenvalue weighted by Crippen LogP contribution is -2.26. The molecule has 0 unspecified atom stereocenters. The lowest BCUT2D eigenvalue weighted by Gasteiger charge is -2.32. The van der Waals surface area contributed by atoms with E-state index in [0.29, 0.717) is 6.04 Å². The molecule has 1 fully saturated rings. The van der Waals surface area contributed by atoms with Crippen molar-refractivity contribution < 1.29 is 0 Å². The summed E-state index contributed by atoms with van der Waals surface area (Å²) in [4.78, 5) is 0. The molecule has 1 aliphatic carbocycles. The zero-order chi connectivity index (χ0) is 12.7. The number of benzene rings is 1. The molecule has 0 aliphatic heterocycles. The van der Waals surface area contributed by atoms with E-state index >= 15 is 0 Å². The van der Waals surface area contributed by atoms with Crippen molar-refractivity contribution in [3.05, 3.63) is 23.8 Å². The molecule has 5 heteroatoms. The number of anilines is 1. The van der Waals surface area contributed by atoms with Crippen LogP contribution in [0.5, 0.6) is 0 Å². The number of hydrogen-bond acceptors (Lipinski definition) is 4. The van der Waals surface area contributed by atoms with Crippen molar-refractivity contribution in [2.24, 2.45) is 5.92 Å². The molecule has 3 rings (SSSR count). The van der Waals surface area contributed by atoms with Gasteiger partial charge in [0.25, 0.3) is 0 Å². The van der Waals surface area contributed by atoms with Crippen LogP contribution in [-0.4, -0.2) is 20.2 Å². The number of nitrogen functional groups attached to an aromatic ring is 1. The number of nitrogens with zero attached hydrogens (tertiary/aromatic N) is 4. The number of aryl methyl sites for hydroxylation is 1. The Hall–Kier alpha value is -1.91. The minimum Gasteiger partial charge on any atom is -0.399 e. The van der Waals surface area contributed by atoms with E-state index in [4.69, 9.17) is 5.73 Å². The van der Waals surface area contributed by atoms with Gasteiger partial charge in [0.15, 0.2) is 5.82 Å². The summed E-state index contributed by atoms with van der Waals surface area (Å²) in [5.74, 6) is 1.59. The molecule has 0 bridgehead atoms. The molecule has 0 saturated heterocycles. The van der Waals surface area contributed by atoms with Crippen LogP contribution < -0.4 is 5.73 Å². The fraction of sp³-hybridized carbons (Fsp3) is 0.462. The van der Waals surface area contributed by atoms with Crippen LogP contribution in [0.4, 0.5) is 5.69 Å². The van der Waals surface area contributed by atoms with Crippen LogP contribution in [-0.2, 0) is 0 Å². The molecule has 94 valence electrons. The summed E-state index contributed by atoms with van der Waals surface area (Å²) in [5, 5.41) is 12.1. The zero-order valence-electron chi connectivity index (χ0n) is 10.7. The predicted molar refractivity (Wildman–Crippen MR) is 69.8 cm³/mol. The Balaban J connectivity index is 1.99.